The molecule has 5 rings (SSSR count). The highest BCUT2D eigenvalue weighted by molar-refractivity contribution is 6.31. The van der Waals surface area contributed by atoms with Crippen molar-refractivity contribution in [3.63, 3.8) is 0 Å². The molecule has 1 atom stereocenters. The number of aryl methyl sites for hydroxylation is 1. The van der Waals surface area contributed by atoms with Crippen LogP contribution in [-0.4, -0.2) is 49.9 Å². The second-order valence-corrected chi connectivity index (χ2v) is 9.83. The Morgan fingerprint density at radius 2 is 2.14 bits per heavy atom. The Bertz CT molecular complexity index is 1540. The minimum Gasteiger partial charge on any atom is -0.459 e. The maximum atomic E-state index is 13.8. The molecule has 0 spiro atoms. The third kappa shape index (κ3) is 4.24. The van der Waals surface area contributed by atoms with E-state index in [2.05, 4.69) is 22.2 Å². The van der Waals surface area contributed by atoms with Crippen molar-refractivity contribution in [2.45, 2.75) is 51.9 Å². The molecule has 2 bridgehead atoms. The fraction of sp³-hybridized carbons (Fsp3) is 0.440. The summed E-state index contributed by atoms with van der Waals surface area (Å²) >= 11 is 6.14. The van der Waals surface area contributed by atoms with Gasteiger partial charge in [0.1, 0.15) is 0 Å². The van der Waals surface area contributed by atoms with E-state index < -0.39 is 17.2 Å². The summed E-state index contributed by atoms with van der Waals surface area (Å²) in [6.45, 7) is 5.13. The van der Waals surface area contributed by atoms with Gasteiger partial charge in [-0.1, -0.05) is 23.6 Å². The van der Waals surface area contributed by atoms with Crippen LogP contribution in [-0.2, 0) is 24.9 Å². The van der Waals surface area contributed by atoms with Crippen molar-refractivity contribution in [1.82, 2.24) is 24.0 Å². The number of fused-ring (bicyclic) bond motifs is 6. The molecular weight excluding hydrogens is 484 g/mol. The highest BCUT2D eigenvalue weighted by atomic mass is 35.5. The van der Waals surface area contributed by atoms with Crippen molar-refractivity contribution < 1.29 is 9.53 Å². The molecule has 2 aliphatic heterocycles. The van der Waals surface area contributed by atoms with E-state index in [0.717, 1.165) is 24.0 Å². The lowest BCUT2D eigenvalue weighted by molar-refractivity contribution is 0.0376. The zero-order chi connectivity index (χ0) is 25.6. The van der Waals surface area contributed by atoms with Crippen molar-refractivity contribution in [2.75, 3.05) is 18.0 Å². The fourth-order valence-corrected chi connectivity index (χ4v) is 4.94. The molecule has 3 aromatic rings. The van der Waals surface area contributed by atoms with E-state index in [0.29, 0.717) is 34.2 Å². The second kappa shape index (κ2) is 9.39. The van der Waals surface area contributed by atoms with Gasteiger partial charge in [-0.2, -0.15) is 4.98 Å². The van der Waals surface area contributed by atoms with Crippen LogP contribution in [0.1, 0.15) is 42.6 Å². The molecule has 0 saturated carbocycles. The van der Waals surface area contributed by atoms with Crippen molar-refractivity contribution in [2.24, 2.45) is 7.05 Å². The van der Waals surface area contributed by atoms with Gasteiger partial charge in [0, 0.05) is 31.2 Å². The minimum atomic E-state index is -0.568. The summed E-state index contributed by atoms with van der Waals surface area (Å²) in [7, 11) is 1.59. The number of hydrogen-bond acceptors (Lipinski definition) is 7. The van der Waals surface area contributed by atoms with Gasteiger partial charge in [-0.05, 0) is 44.4 Å². The lowest BCUT2D eigenvalue weighted by Crippen LogP contribution is -2.45. The quantitative estimate of drug-likeness (QED) is 0.421. The largest absolute Gasteiger partial charge is 0.459 e. The monoisotopic (exact) mass is 510 g/mol. The first-order valence-corrected chi connectivity index (χ1v) is 12.3. The number of aromatic nitrogens is 4. The molecule has 1 saturated heterocycles. The van der Waals surface area contributed by atoms with E-state index in [9.17, 15) is 14.4 Å². The van der Waals surface area contributed by atoms with Gasteiger partial charge in [-0.25, -0.2) is 9.59 Å². The van der Waals surface area contributed by atoms with Gasteiger partial charge in [0.05, 0.1) is 30.8 Å². The van der Waals surface area contributed by atoms with Gasteiger partial charge in [0.25, 0.3) is 5.56 Å². The molecule has 1 aromatic carbocycles. The maximum Gasteiger partial charge on any atom is 0.338 e. The van der Waals surface area contributed by atoms with E-state index in [1.807, 2.05) is 0 Å². The SMILES string of the molecule is CC(C)OC(=O)c1cc(Cl)ccc1Cn1c(=O)c2c(nc3n2CC#CNC2CCCN3C2)n(C)c1=O. The summed E-state index contributed by atoms with van der Waals surface area (Å²) in [4.78, 5) is 46.7. The summed E-state index contributed by atoms with van der Waals surface area (Å²) in [6, 6.07) is 7.95. The smallest absolute Gasteiger partial charge is 0.338 e. The number of benzene rings is 1. The van der Waals surface area contributed by atoms with Gasteiger partial charge in [-0.15, -0.1) is 0 Å². The number of piperidine rings is 1. The summed E-state index contributed by atoms with van der Waals surface area (Å²) in [6.07, 6.45) is 1.65. The van der Waals surface area contributed by atoms with Gasteiger partial charge >= 0.3 is 11.7 Å². The number of anilines is 1. The number of ether oxygens (including phenoxy) is 1. The molecule has 36 heavy (non-hydrogen) atoms. The fourth-order valence-electron chi connectivity index (χ4n) is 4.76. The number of nitrogens with zero attached hydrogens (tertiary/aromatic N) is 5. The Labute approximate surface area is 212 Å². The summed E-state index contributed by atoms with van der Waals surface area (Å²) in [5.74, 6) is 3.14. The normalized spacial score (nSPS) is 16.9. The number of hydrogen-bond donors (Lipinski definition) is 1. The van der Waals surface area contributed by atoms with Gasteiger partial charge < -0.3 is 15.0 Å². The molecule has 4 heterocycles. The zero-order valence-corrected chi connectivity index (χ0v) is 21.1. The van der Waals surface area contributed by atoms with Crippen LogP contribution in [0.15, 0.2) is 27.8 Å². The van der Waals surface area contributed by atoms with Gasteiger partial charge in [0.2, 0.25) is 5.95 Å². The van der Waals surface area contributed by atoms with Gasteiger partial charge in [-0.3, -0.25) is 18.5 Å². The Morgan fingerprint density at radius 3 is 2.92 bits per heavy atom. The number of esters is 1. The van der Waals surface area contributed by atoms with E-state index in [1.54, 1.807) is 37.6 Å². The van der Waals surface area contributed by atoms with Crippen molar-refractivity contribution in [1.29, 1.82) is 0 Å². The topological polar surface area (TPSA) is 103 Å². The van der Waals surface area contributed by atoms with Crippen molar-refractivity contribution in [3.8, 4) is 12.0 Å². The average molecular weight is 511 g/mol. The molecule has 10 nitrogen and oxygen atoms in total. The molecule has 188 valence electrons. The number of imidazole rings is 1. The molecule has 11 heteroatoms. The molecule has 1 fully saturated rings. The van der Waals surface area contributed by atoms with Crippen LogP contribution in [0.3, 0.4) is 0 Å². The first-order valence-electron chi connectivity index (χ1n) is 11.9. The standard InChI is InChI=1S/C25H27ClN6O4/c1-15(2)36-23(34)19-12-17(26)8-7-16(19)13-32-22(33)20-21(29(3)25(32)35)28-24-30-10-4-6-18(14-30)27-9-5-11-31(20)24/h7-8,12,15,18,27H,4,6,10-11,13-14H2,1-3H3. The highest BCUT2D eigenvalue weighted by Crippen LogP contribution is 2.24. The predicted molar refractivity (Wildman–Crippen MR) is 136 cm³/mol. The third-order valence-corrected chi connectivity index (χ3v) is 6.72. The van der Waals surface area contributed by atoms with Gasteiger partial charge in [0.15, 0.2) is 11.2 Å². The third-order valence-electron chi connectivity index (χ3n) is 6.48. The number of rotatable bonds is 4. The maximum absolute atomic E-state index is 13.8. The van der Waals surface area contributed by atoms with Crippen LogP contribution in [0, 0.1) is 12.0 Å². The van der Waals surface area contributed by atoms with Crippen LogP contribution in [0.2, 0.25) is 5.02 Å². The molecular formula is C25H27ClN6O4. The minimum absolute atomic E-state index is 0.124. The molecule has 1 unspecified atom stereocenters. The lowest BCUT2D eigenvalue weighted by atomic mass is 10.1. The molecule has 0 radical (unpaired) electrons. The summed E-state index contributed by atoms with van der Waals surface area (Å²) in [5, 5.41) is 3.59. The highest BCUT2D eigenvalue weighted by Gasteiger charge is 2.28. The molecule has 2 aliphatic rings. The van der Waals surface area contributed by atoms with Crippen LogP contribution in [0.4, 0.5) is 5.95 Å². The van der Waals surface area contributed by atoms with E-state index in [4.69, 9.17) is 21.3 Å². The first-order chi connectivity index (χ1) is 17.2. The Hall–Kier alpha value is -3.71. The number of halogens is 1. The number of carbonyl (C=O) groups excluding carboxylic acids is 1. The lowest BCUT2D eigenvalue weighted by Gasteiger charge is -2.32. The summed E-state index contributed by atoms with van der Waals surface area (Å²) < 4.78 is 9.62. The molecule has 2 aromatic heterocycles. The Kier molecular flexibility index (Phi) is 6.26. The van der Waals surface area contributed by atoms with Crippen molar-refractivity contribution in [3.05, 3.63) is 55.2 Å². The first kappa shape index (κ1) is 24.0. The Morgan fingerprint density at radius 1 is 1.33 bits per heavy atom. The number of nitrogens with one attached hydrogen (secondary N) is 1. The van der Waals surface area contributed by atoms with E-state index in [-0.39, 0.29) is 30.8 Å². The average Bonchev–Trinajstić information content (AvgIpc) is 3.24. The molecule has 0 amide bonds. The molecule has 1 N–H and O–H groups in total. The van der Waals surface area contributed by atoms with Crippen LogP contribution < -0.4 is 21.5 Å². The predicted octanol–water partition coefficient (Wildman–Crippen LogP) is 1.70. The zero-order valence-electron chi connectivity index (χ0n) is 20.4. The van der Waals surface area contributed by atoms with E-state index >= 15 is 0 Å². The summed E-state index contributed by atoms with van der Waals surface area (Å²) in [5.41, 5.74) is 0.248. The van der Waals surface area contributed by atoms with Crippen LogP contribution >= 0.6 is 11.6 Å². The van der Waals surface area contributed by atoms with E-state index in [1.165, 1.54) is 10.6 Å². The molecule has 0 aliphatic carbocycles. The van der Waals surface area contributed by atoms with Crippen molar-refractivity contribution >= 4 is 34.7 Å². The second-order valence-electron chi connectivity index (χ2n) is 9.39. The number of carbonyl (C=O) groups is 1. The van der Waals surface area contributed by atoms with Crippen LogP contribution in [0.5, 0.6) is 0 Å². The Balaban J connectivity index is 1.66. The van der Waals surface area contributed by atoms with Crippen LogP contribution in [0.25, 0.3) is 11.2 Å².